The molecule has 1 saturated carbocycles. The van der Waals surface area contributed by atoms with Crippen LogP contribution in [0.15, 0.2) is 0 Å². The Kier molecular flexibility index (Phi) is 3.49. The van der Waals surface area contributed by atoms with Gasteiger partial charge >= 0.3 is 12.1 Å². The molecule has 0 heterocycles. The molecule has 0 bridgehead atoms. The molecule has 0 aromatic heterocycles. The van der Waals surface area contributed by atoms with E-state index in [2.05, 4.69) is 0 Å². The Labute approximate surface area is 90.6 Å². The maximum Gasteiger partial charge on any atom is 0.414 e. The van der Waals surface area contributed by atoms with Gasteiger partial charge in [0.05, 0.1) is 6.10 Å². The minimum absolute atomic E-state index is 0.0806. The van der Waals surface area contributed by atoms with E-state index in [4.69, 9.17) is 15.6 Å². The van der Waals surface area contributed by atoms with Gasteiger partial charge in [0.25, 0.3) is 0 Å². The molecule has 1 aliphatic carbocycles. The van der Waals surface area contributed by atoms with Crippen molar-refractivity contribution in [2.24, 2.45) is 5.73 Å². The molecular formula is C9H14F3NO3. The third kappa shape index (κ3) is 2.85. The molecule has 1 rings (SSSR count). The molecule has 94 valence electrons. The van der Waals surface area contributed by atoms with E-state index in [-0.39, 0.29) is 19.3 Å². The van der Waals surface area contributed by atoms with Gasteiger partial charge in [-0.2, -0.15) is 13.2 Å². The average molecular weight is 241 g/mol. The third-order valence-corrected chi connectivity index (χ3v) is 2.79. The Morgan fingerprint density at radius 2 is 2.19 bits per heavy atom. The predicted molar refractivity (Wildman–Crippen MR) is 48.8 cm³/mol. The number of aliphatic carboxylic acids is 1. The van der Waals surface area contributed by atoms with Crippen molar-refractivity contribution in [3.8, 4) is 0 Å². The zero-order chi connectivity index (χ0) is 12.6. The van der Waals surface area contributed by atoms with Crippen LogP contribution >= 0.6 is 0 Å². The molecule has 0 aromatic rings. The van der Waals surface area contributed by atoms with Crippen LogP contribution in [-0.4, -0.2) is 35.0 Å². The van der Waals surface area contributed by atoms with Crippen molar-refractivity contribution in [3.63, 3.8) is 0 Å². The minimum atomic E-state index is -4.43. The van der Waals surface area contributed by atoms with Gasteiger partial charge in [0, 0.05) is 6.42 Å². The fraction of sp³-hybridized carbons (Fsp3) is 0.889. The van der Waals surface area contributed by atoms with Crippen LogP contribution in [0.5, 0.6) is 0 Å². The molecule has 0 radical (unpaired) electrons. The molecule has 3 unspecified atom stereocenters. The summed E-state index contributed by atoms with van der Waals surface area (Å²) < 4.78 is 41.3. The van der Waals surface area contributed by atoms with Crippen LogP contribution in [0.4, 0.5) is 13.2 Å². The number of alkyl halides is 3. The highest BCUT2D eigenvalue weighted by Crippen LogP contribution is 2.33. The van der Waals surface area contributed by atoms with Crippen molar-refractivity contribution in [2.45, 2.75) is 50.1 Å². The zero-order valence-electron chi connectivity index (χ0n) is 8.75. The van der Waals surface area contributed by atoms with Gasteiger partial charge in [0.1, 0.15) is 5.54 Å². The van der Waals surface area contributed by atoms with Gasteiger partial charge in [0.15, 0.2) is 6.10 Å². The largest absolute Gasteiger partial charge is 0.480 e. The smallest absolute Gasteiger partial charge is 0.414 e. The van der Waals surface area contributed by atoms with Crippen LogP contribution < -0.4 is 5.73 Å². The summed E-state index contributed by atoms with van der Waals surface area (Å²) in [6.45, 7) is 0.900. The van der Waals surface area contributed by atoms with Crippen molar-refractivity contribution in [1.82, 2.24) is 0 Å². The fourth-order valence-corrected chi connectivity index (χ4v) is 1.71. The topological polar surface area (TPSA) is 72.5 Å². The van der Waals surface area contributed by atoms with Gasteiger partial charge in [-0.15, -0.1) is 0 Å². The third-order valence-electron chi connectivity index (χ3n) is 2.79. The summed E-state index contributed by atoms with van der Waals surface area (Å²) in [6.07, 6.45) is -6.77. The molecule has 0 amide bonds. The van der Waals surface area contributed by atoms with Gasteiger partial charge in [-0.3, -0.25) is 4.79 Å². The molecule has 3 N–H and O–H groups in total. The van der Waals surface area contributed by atoms with Crippen LogP contribution in [0.2, 0.25) is 0 Å². The van der Waals surface area contributed by atoms with E-state index >= 15 is 0 Å². The summed E-state index contributed by atoms with van der Waals surface area (Å²) in [5.41, 5.74) is 4.07. The quantitative estimate of drug-likeness (QED) is 0.780. The number of ether oxygens (including phenoxy) is 1. The first kappa shape index (κ1) is 13.2. The van der Waals surface area contributed by atoms with Crippen LogP contribution in [-0.2, 0) is 9.53 Å². The summed E-state index contributed by atoms with van der Waals surface area (Å²) in [7, 11) is 0. The highest BCUT2D eigenvalue weighted by Gasteiger charge is 2.46. The summed E-state index contributed by atoms with van der Waals surface area (Å²) in [5, 5.41) is 8.78. The van der Waals surface area contributed by atoms with E-state index in [1.807, 2.05) is 0 Å². The van der Waals surface area contributed by atoms with Crippen molar-refractivity contribution < 1.29 is 27.8 Å². The lowest BCUT2D eigenvalue weighted by Gasteiger charge is -2.22. The summed E-state index contributed by atoms with van der Waals surface area (Å²) in [4.78, 5) is 10.7. The molecule has 3 atom stereocenters. The van der Waals surface area contributed by atoms with Crippen molar-refractivity contribution >= 4 is 5.97 Å². The minimum Gasteiger partial charge on any atom is -0.480 e. The summed E-state index contributed by atoms with van der Waals surface area (Å²) in [5.74, 6) is -1.20. The standard InChI is InChI=1S/C9H14F3NO3/c1-5(9(10,11)12)16-6-2-3-8(13,4-6)7(14)15/h5-6H,2-4,13H2,1H3,(H,14,15). The van der Waals surface area contributed by atoms with Gasteiger partial charge < -0.3 is 15.6 Å². The first-order valence-electron chi connectivity index (χ1n) is 4.89. The van der Waals surface area contributed by atoms with Gasteiger partial charge in [-0.25, -0.2) is 0 Å². The normalized spacial score (nSPS) is 32.7. The number of carboxylic acid groups (broad SMARTS) is 1. The molecule has 0 aromatic carbocycles. The Bertz CT molecular complexity index is 282. The lowest BCUT2D eigenvalue weighted by molar-refractivity contribution is -0.226. The van der Waals surface area contributed by atoms with Crippen LogP contribution in [0.3, 0.4) is 0 Å². The van der Waals surface area contributed by atoms with Gasteiger partial charge in [0.2, 0.25) is 0 Å². The monoisotopic (exact) mass is 241 g/mol. The van der Waals surface area contributed by atoms with Crippen LogP contribution in [0.1, 0.15) is 26.2 Å². The molecule has 7 heteroatoms. The van der Waals surface area contributed by atoms with Crippen LogP contribution in [0.25, 0.3) is 0 Å². The van der Waals surface area contributed by atoms with E-state index in [1.165, 1.54) is 0 Å². The number of carbonyl (C=O) groups is 1. The first-order valence-corrected chi connectivity index (χ1v) is 4.89. The summed E-state index contributed by atoms with van der Waals surface area (Å²) >= 11 is 0. The second-order valence-corrected chi connectivity index (χ2v) is 4.15. The first-order chi connectivity index (χ1) is 7.15. The number of nitrogens with two attached hydrogens (primary N) is 1. The Hall–Kier alpha value is -0.820. The second-order valence-electron chi connectivity index (χ2n) is 4.15. The molecule has 0 saturated heterocycles. The Morgan fingerprint density at radius 1 is 1.62 bits per heavy atom. The molecule has 1 aliphatic rings. The van der Waals surface area contributed by atoms with Crippen molar-refractivity contribution in [1.29, 1.82) is 0 Å². The lowest BCUT2D eigenvalue weighted by Crippen LogP contribution is -2.46. The number of halogens is 3. The molecule has 16 heavy (non-hydrogen) atoms. The second kappa shape index (κ2) is 4.21. The van der Waals surface area contributed by atoms with E-state index < -0.39 is 29.9 Å². The van der Waals surface area contributed by atoms with Crippen molar-refractivity contribution in [3.05, 3.63) is 0 Å². The lowest BCUT2D eigenvalue weighted by atomic mass is 10.00. The zero-order valence-corrected chi connectivity index (χ0v) is 8.75. The maximum absolute atomic E-state index is 12.2. The molecule has 0 spiro atoms. The predicted octanol–water partition coefficient (Wildman–Crippen LogP) is 1.29. The number of hydrogen-bond donors (Lipinski definition) is 2. The number of carboxylic acids is 1. The molecular weight excluding hydrogens is 227 g/mol. The van der Waals surface area contributed by atoms with E-state index in [0.717, 1.165) is 6.92 Å². The Balaban J connectivity index is 2.52. The average Bonchev–Trinajstić information content (AvgIpc) is 2.47. The number of hydrogen-bond acceptors (Lipinski definition) is 3. The molecule has 0 aliphatic heterocycles. The highest BCUT2D eigenvalue weighted by molar-refractivity contribution is 5.78. The van der Waals surface area contributed by atoms with Gasteiger partial charge in [-0.1, -0.05) is 0 Å². The fourth-order valence-electron chi connectivity index (χ4n) is 1.71. The molecule has 4 nitrogen and oxygen atoms in total. The SMILES string of the molecule is CC(OC1CCC(N)(C(=O)O)C1)C(F)(F)F. The van der Waals surface area contributed by atoms with E-state index in [9.17, 15) is 18.0 Å². The Morgan fingerprint density at radius 3 is 2.56 bits per heavy atom. The van der Waals surface area contributed by atoms with E-state index in [0.29, 0.717) is 0 Å². The number of rotatable bonds is 3. The van der Waals surface area contributed by atoms with Crippen molar-refractivity contribution in [2.75, 3.05) is 0 Å². The summed E-state index contributed by atoms with van der Waals surface area (Å²) in [6, 6.07) is 0. The maximum atomic E-state index is 12.2. The van der Waals surface area contributed by atoms with E-state index in [1.54, 1.807) is 0 Å². The molecule has 1 fully saturated rings. The highest BCUT2D eigenvalue weighted by atomic mass is 19.4. The van der Waals surface area contributed by atoms with Crippen LogP contribution in [0, 0.1) is 0 Å². The van der Waals surface area contributed by atoms with Gasteiger partial charge in [-0.05, 0) is 19.8 Å².